The summed E-state index contributed by atoms with van der Waals surface area (Å²) in [6, 6.07) is 10.8. The minimum Gasteiger partial charge on any atom is -0.593 e. The molecule has 2 aliphatic rings. The second-order valence-electron chi connectivity index (χ2n) is 9.11. The Labute approximate surface area is 194 Å². The molecule has 8 nitrogen and oxygen atoms in total. The molecule has 9 heteroatoms. The predicted molar refractivity (Wildman–Crippen MR) is 125 cm³/mol. The van der Waals surface area contributed by atoms with Gasteiger partial charge in [0.15, 0.2) is 20.9 Å². The number of fused-ring (bicyclic) bond motifs is 1. The van der Waals surface area contributed by atoms with E-state index in [1.165, 1.54) is 4.31 Å². The Balaban J connectivity index is 1.21. The van der Waals surface area contributed by atoms with E-state index < -0.39 is 10.4 Å². The Morgan fingerprint density at radius 3 is 2.61 bits per heavy atom. The van der Waals surface area contributed by atoms with Crippen molar-refractivity contribution in [3.8, 4) is 0 Å². The number of carbonyl (C=O) groups is 1. The maximum Gasteiger partial charge on any atom is 0.227 e. The Morgan fingerprint density at radius 1 is 1.12 bits per heavy atom. The molecule has 2 saturated heterocycles. The van der Waals surface area contributed by atoms with Gasteiger partial charge in [-0.1, -0.05) is 21.9 Å². The molecule has 5 rings (SSSR count). The molecule has 0 bridgehead atoms. The summed E-state index contributed by atoms with van der Waals surface area (Å²) < 4.78 is 27.7. The van der Waals surface area contributed by atoms with Gasteiger partial charge in [-0.15, -0.1) is 4.31 Å². The Morgan fingerprint density at radius 2 is 1.88 bits per heavy atom. The van der Waals surface area contributed by atoms with Crippen molar-refractivity contribution in [1.82, 2.24) is 24.2 Å². The number of likely N-dealkylation sites (tertiary alicyclic amines) is 1. The molecule has 0 spiro atoms. The van der Waals surface area contributed by atoms with E-state index >= 15 is 0 Å². The van der Waals surface area contributed by atoms with Crippen LogP contribution in [0, 0.1) is 12.8 Å². The van der Waals surface area contributed by atoms with Crippen LogP contribution in [0.3, 0.4) is 0 Å². The van der Waals surface area contributed by atoms with Gasteiger partial charge in [-0.2, -0.15) is 0 Å². The second-order valence-corrected chi connectivity index (χ2v) is 11.0. The fourth-order valence-electron chi connectivity index (χ4n) is 4.91. The third-order valence-electron chi connectivity index (χ3n) is 6.86. The molecule has 33 heavy (non-hydrogen) atoms. The maximum absolute atomic E-state index is 13.3. The van der Waals surface area contributed by atoms with Crippen LogP contribution in [0.25, 0.3) is 11.2 Å². The van der Waals surface area contributed by atoms with Gasteiger partial charge in [-0.25, -0.2) is 9.97 Å². The molecule has 174 valence electrons. The van der Waals surface area contributed by atoms with Gasteiger partial charge in [-0.3, -0.25) is 4.79 Å². The number of pyridine rings is 1. The SMILES string of the molecule is Cc1ccc([S+](=O)([O-])N2CCCC(C(=O)N3CCC(c4nc5ncccc5[nH]4)CC3)C2)cc1. The average molecular weight is 468 g/mol. The smallest absolute Gasteiger partial charge is 0.227 e. The highest BCUT2D eigenvalue weighted by Crippen LogP contribution is 2.31. The lowest BCUT2D eigenvalue weighted by Gasteiger charge is -2.38. The number of imidazole rings is 1. The lowest BCUT2D eigenvalue weighted by molar-refractivity contribution is -0.137. The molecular weight excluding hydrogens is 438 g/mol. The summed E-state index contributed by atoms with van der Waals surface area (Å²) in [6.45, 7) is 3.97. The highest BCUT2D eigenvalue weighted by molar-refractivity contribution is 7.95. The molecule has 2 unspecified atom stereocenters. The molecule has 1 amide bonds. The first-order valence-electron chi connectivity index (χ1n) is 11.6. The van der Waals surface area contributed by atoms with Gasteiger partial charge in [0.05, 0.1) is 18.0 Å². The van der Waals surface area contributed by atoms with Crippen molar-refractivity contribution in [3.63, 3.8) is 0 Å². The van der Waals surface area contributed by atoms with E-state index in [-0.39, 0.29) is 24.3 Å². The van der Waals surface area contributed by atoms with Crippen LogP contribution in [-0.4, -0.2) is 60.8 Å². The highest BCUT2D eigenvalue weighted by atomic mass is 32.3. The fourth-order valence-corrected chi connectivity index (χ4v) is 6.43. The van der Waals surface area contributed by atoms with Crippen molar-refractivity contribution in [3.05, 3.63) is 54.0 Å². The third-order valence-corrected chi connectivity index (χ3v) is 8.74. The third kappa shape index (κ3) is 4.45. The molecule has 0 saturated carbocycles. The molecule has 0 radical (unpaired) electrons. The molecule has 4 heterocycles. The number of sulfonamides is 1. The van der Waals surface area contributed by atoms with Crippen LogP contribution in [0.1, 0.15) is 43.0 Å². The van der Waals surface area contributed by atoms with Gasteiger partial charge in [0.2, 0.25) is 5.91 Å². The Bertz CT molecular complexity index is 1150. The number of benzene rings is 1. The van der Waals surface area contributed by atoms with Crippen LogP contribution in [0.5, 0.6) is 0 Å². The number of aryl methyl sites for hydroxylation is 1. The van der Waals surface area contributed by atoms with Crippen LogP contribution in [-0.2, 0) is 19.4 Å². The minimum absolute atomic E-state index is 0.0727. The molecule has 2 aromatic heterocycles. The monoisotopic (exact) mass is 467 g/mol. The fraction of sp³-hybridized carbons (Fsp3) is 0.458. The predicted octanol–water partition coefficient (Wildman–Crippen LogP) is 3.29. The molecule has 3 aromatic rings. The van der Waals surface area contributed by atoms with Crippen LogP contribution in [0.15, 0.2) is 47.5 Å². The van der Waals surface area contributed by atoms with Crippen molar-refractivity contribution in [2.24, 2.45) is 5.92 Å². The zero-order chi connectivity index (χ0) is 23.0. The molecule has 2 fully saturated rings. The largest absolute Gasteiger partial charge is 0.593 e. The Hall–Kier alpha value is -2.62. The van der Waals surface area contributed by atoms with Crippen molar-refractivity contribution < 1.29 is 13.6 Å². The van der Waals surface area contributed by atoms with Crippen LogP contribution >= 0.6 is 0 Å². The summed E-state index contributed by atoms with van der Waals surface area (Å²) >= 11 is 0. The first kappa shape index (κ1) is 22.2. The van der Waals surface area contributed by atoms with E-state index in [0.717, 1.165) is 41.8 Å². The molecule has 2 aliphatic heterocycles. The Kier molecular flexibility index (Phi) is 6.03. The van der Waals surface area contributed by atoms with Gasteiger partial charge >= 0.3 is 0 Å². The number of nitrogens with one attached hydrogen (secondary N) is 1. The highest BCUT2D eigenvalue weighted by Gasteiger charge is 2.39. The molecule has 1 N–H and O–H groups in total. The molecule has 2 atom stereocenters. The van der Waals surface area contributed by atoms with E-state index in [2.05, 4.69) is 15.0 Å². The van der Waals surface area contributed by atoms with Crippen molar-refractivity contribution in [1.29, 1.82) is 0 Å². The van der Waals surface area contributed by atoms with Gasteiger partial charge in [-0.05, 0) is 56.9 Å². The van der Waals surface area contributed by atoms with Gasteiger partial charge in [0.1, 0.15) is 5.82 Å². The number of hydrogen-bond donors (Lipinski definition) is 1. The number of hydrogen-bond acceptors (Lipinski definition) is 5. The quantitative estimate of drug-likeness (QED) is 0.593. The van der Waals surface area contributed by atoms with E-state index in [9.17, 15) is 13.6 Å². The van der Waals surface area contributed by atoms with Gasteiger partial charge < -0.3 is 14.4 Å². The number of H-pyrrole nitrogens is 1. The molecule has 0 aliphatic carbocycles. The molecule has 1 aromatic carbocycles. The van der Waals surface area contributed by atoms with E-state index in [0.29, 0.717) is 31.0 Å². The summed E-state index contributed by atoms with van der Waals surface area (Å²) in [5.41, 5.74) is 2.68. The summed E-state index contributed by atoms with van der Waals surface area (Å²) in [6.07, 6.45) is 4.84. The van der Waals surface area contributed by atoms with Crippen molar-refractivity contribution in [2.45, 2.75) is 43.4 Å². The lowest BCUT2D eigenvalue weighted by Crippen LogP contribution is -2.49. The topological polar surface area (TPSA) is 105 Å². The number of rotatable bonds is 4. The second kappa shape index (κ2) is 8.96. The van der Waals surface area contributed by atoms with E-state index in [1.807, 2.05) is 36.1 Å². The lowest BCUT2D eigenvalue weighted by atomic mass is 9.93. The normalized spacial score (nSPS) is 22.4. The zero-order valence-electron chi connectivity index (χ0n) is 18.8. The number of carbonyl (C=O) groups excluding carboxylic acids is 1. The average Bonchev–Trinajstić information content (AvgIpc) is 3.28. The summed E-state index contributed by atoms with van der Waals surface area (Å²) in [5.74, 6) is 0.992. The molecular formula is C24H29N5O3S. The van der Waals surface area contributed by atoms with Crippen molar-refractivity contribution >= 4 is 27.5 Å². The van der Waals surface area contributed by atoms with Crippen LogP contribution in [0.4, 0.5) is 0 Å². The van der Waals surface area contributed by atoms with Crippen LogP contribution < -0.4 is 0 Å². The number of aromatic nitrogens is 3. The van der Waals surface area contributed by atoms with E-state index in [4.69, 9.17) is 0 Å². The van der Waals surface area contributed by atoms with Crippen LogP contribution in [0.2, 0.25) is 0 Å². The minimum atomic E-state index is -3.59. The summed E-state index contributed by atoms with van der Waals surface area (Å²) in [7, 11) is -3.59. The number of amides is 1. The summed E-state index contributed by atoms with van der Waals surface area (Å²) in [5, 5.41) is 0. The summed E-state index contributed by atoms with van der Waals surface area (Å²) in [4.78, 5) is 27.7. The first-order chi connectivity index (χ1) is 15.9. The standard InChI is InChI=1S/C24H29N5O3S/c1-17-6-8-20(9-7-17)33(31,32)29-13-3-4-19(16-29)24(30)28-14-10-18(11-15-28)22-26-21-5-2-12-25-23(21)27-22/h2,5-9,12,18-19H,3-4,10-11,13-16H2,1H3,(H-,25,26,27,31,32). The maximum atomic E-state index is 13.3. The number of aromatic amines is 1. The van der Waals surface area contributed by atoms with Crippen molar-refractivity contribution in [2.75, 3.05) is 26.2 Å². The zero-order valence-corrected chi connectivity index (χ0v) is 19.6. The number of piperidine rings is 2. The number of nitrogens with zero attached hydrogens (tertiary/aromatic N) is 4. The first-order valence-corrected chi connectivity index (χ1v) is 13.0. The van der Waals surface area contributed by atoms with E-state index in [1.54, 1.807) is 18.3 Å². The van der Waals surface area contributed by atoms with Gasteiger partial charge in [0, 0.05) is 31.7 Å². The van der Waals surface area contributed by atoms with Gasteiger partial charge in [0.25, 0.3) is 0 Å².